The molecule has 0 aliphatic carbocycles. The SMILES string of the molecule is CCOC(=O)c1c(-c2ccco2)csc1NC(=O)CSc1nccs1. The first kappa shape index (κ1) is 17.7. The van der Waals surface area contributed by atoms with E-state index in [-0.39, 0.29) is 18.3 Å². The third-order valence-corrected chi connectivity index (χ3v) is 5.91. The lowest BCUT2D eigenvalue weighted by atomic mass is 10.1. The zero-order chi connectivity index (χ0) is 17.6. The van der Waals surface area contributed by atoms with E-state index in [1.807, 2.05) is 5.38 Å². The van der Waals surface area contributed by atoms with Gasteiger partial charge in [-0.1, -0.05) is 11.8 Å². The van der Waals surface area contributed by atoms with Crippen molar-refractivity contribution in [2.75, 3.05) is 17.7 Å². The lowest BCUT2D eigenvalue weighted by Crippen LogP contribution is -2.16. The Morgan fingerprint density at radius 3 is 2.96 bits per heavy atom. The van der Waals surface area contributed by atoms with Crippen LogP contribution in [0.4, 0.5) is 5.00 Å². The number of esters is 1. The number of ether oxygens (including phenoxy) is 1. The largest absolute Gasteiger partial charge is 0.464 e. The summed E-state index contributed by atoms with van der Waals surface area (Å²) >= 11 is 4.09. The molecular weight excluding hydrogens is 380 g/mol. The van der Waals surface area contributed by atoms with Gasteiger partial charge in [-0.3, -0.25) is 4.79 Å². The van der Waals surface area contributed by atoms with E-state index in [0.29, 0.717) is 21.9 Å². The van der Waals surface area contributed by atoms with Crippen molar-refractivity contribution >= 4 is 51.3 Å². The molecule has 0 saturated heterocycles. The summed E-state index contributed by atoms with van der Waals surface area (Å²) in [4.78, 5) is 28.7. The minimum atomic E-state index is -0.488. The molecule has 3 aromatic heterocycles. The van der Waals surface area contributed by atoms with Crippen LogP contribution in [-0.4, -0.2) is 29.2 Å². The summed E-state index contributed by atoms with van der Waals surface area (Å²) in [5.74, 6) is 0.0672. The van der Waals surface area contributed by atoms with E-state index in [2.05, 4.69) is 10.3 Å². The molecule has 1 amide bonds. The molecular formula is C16H14N2O4S3. The fraction of sp³-hybridized carbons (Fsp3) is 0.188. The summed E-state index contributed by atoms with van der Waals surface area (Å²) in [6.45, 7) is 1.99. The van der Waals surface area contributed by atoms with E-state index in [1.165, 1.54) is 40.7 Å². The van der Waals surface area contributed by atoms with E-state index >= 15 is 0 Å². The fourth-order valence-corrected chi connectivity index (χ4v) is 4.43. The van der Waals surface area contributed by atoms with Crippen molar-refractivity contribution in [2.24, 2.45) is 0 Å². The van der Waals surface area contributed by atoms with Gasteiger partial charge in [0.15, 0.2) is 0 Å². The van der Waals surface area contributed by atoms with Crippen molar-refractivity contribution in [3.05, 3.63) is 40.9 Å². The van der Waals surface area contributed by atoms with Crippen LogP contribution >= 0.6 is 34.4 Å². The third kappa shape index (κ3) is 4.30. The predicted molar refractivity (Wildman–Crippen MR) is 99.4 cm³/mol. The van der Waals surface area contributed by atoms with Gasteiger partial charge in [-0.05, 0) is 19.1 Å². The molecule has 0 fully saturated rings. The highest BCUT2D eigenvalue weighted by molar-refractivity contribution is 8.01. The molecule has 25 heavy (non-hydrogen) atoms. The number of thiazole rings is 1. The number of thiophene rings is 1. The maximum atomic E-state index is 12.3. The van der Waals surface area contributed by atoms with Gasteiger partial charge in [-0.2, -0.15) is 0 Å². The van der Waals surface area contributed by atoms with Gasteiger partial charge in [0, 0.05) is 22.5 Å². The van der Waals surface area contributed by atoms with E-state index in [9.17, 15) is 9.59 Å². The molecule has 1 N–H and O–H groups in total. The van der Waals surface area contributed by atoms with Crippen molar-refractivity contribution in [1.29, 1.82) is 0 Å². The number of hydrogen-bond acceptors (Lipinski definition) is 8. The third-order valence-electron chi connectivity index (χ3n) is 3.05. The van der Waals surface area contributed by atoms with Crippen molar-refractivity contribution in [3.8, 4) is 11.3 Å². The Balaban J connectivity index is 1.78. The number of carbonyl (C=O) groups is 2. The number of rotatable bonds is 7. The maximum Gasteiger partial charge on any atom is 0.341 e. The number of hydrogen-bond donors (Lipinski definition) is 1. The number of anilines is 1. The Morgan fingerprint density at radius 1 is 1.40 bits per heavy atom. The highest BCUT2D eigenvalue weighted by Gasteiger charge is 2.24. The first-order chi connectivity index (χ1) is 12.2. The highest BCUT2D eigenvalue weighted by atomic mass is 32.2. The van der Waals surface area contributed by atoms with E-state index in [4.69, 9.17) is 9.15 Å². The summed E-state index contributed by atoms with van der Waals surface area (Å²) in [5, 5.41) is 6.87. The second-order valence-corrected chi connectivity index (χ2v) is 7.68. The van der Waals surface area contributed by atoms with E-state index in [1.54, 1.807) is 30.6 Å². The molecule has 0 spiro atoms. The van der Waals surface area contributed by atoms with Crippen molar-refractivity contribution in [3.63, 3.8) is 0 Å². The second kappa shape index (κ2) is 8.32. The molecule has 0 aliphatic rings. The summed E-state index contributed by atoms with van der Waals surface area (Å²) in [5.41, 5.74) is 0.922. The Kier molecular flexibility index (Phi) is 5.90. The van der Waals surface area contributed by atoms with Crippen LogP contribution in [0.1, 0.15) is 17.3 Å². The predicted octanol–water partition coefficient (Wildman–Crippen LogP) is 4.37. The molecule has 0 saturated carbocycles. The zero-order valence-corrected chi connectivity index (χ0v) is 15.6. The first-order valence-electron chi connectivity index (χ1n) is 7.33. The number of furan rings is 1. The maximum absolute atomic E-state index is 12.3. The van der Waals surface area contributed by atoms with Crippen molar-refractivity contribution < 1.29 is 18.7 Å². The average Bonchev–Trinajstić information content (AvgIpc) is 3.34. The minimum absolute atomic E-state index is 0.210. The van der Waals surface area contributed by atoms with Crippen LogP contribution < -0.4 is 5.32 Å². The molecule has 0 radical (unpaired) electrons. The van der Waals surface area contributed by atoms with Gasteiger partial charge >= 0.3 is 5.97 Å². The van der Waals surface area contributed by atoms with Crippen LogP contribution in [0.25, 0.3) is 11.3 Å². The number of nitrogens with zero attached hydrogens (tertiary/aromatic N) is 1. The molecule has 3 rings (SSSR count). The van der Waals surface area contributed by atoms with Crippen LogP contribution in [0.5, 0.6) is 0 Å². The highest BCUT2D eigenvalue weighted by Crippen LogP contribution is 2.36. The quantitative estimate of drug-likeness (QED) is 0.473. The van der Waals surface area contributed by atoms with Gasteiger partial charge in [0.25, 0.3) is 0 Å². The number of carbonyl (C=O) groups excluding carboxylic acids is 2. The fourth-order valence-electron chi connectivity index (χ4n) is 2.04. The lowest BCUT2D eigenvalue weighted by Gasteiger charge is -2.07. The van der Waals surface area contributed by atoms with Gasteiger partial charge < -0.3 is 14.5 Å². The summed E-state index contributed by atoms with van der Waals surface area (Å²) in [7, 11) is 0. The lowest BCUT2D eigenvalue weighted by molar-refractivity contribution is -0.113. The molecule has 0 aromatic carbocycles. The summed E-state index contributed by atoms with van der Waals surface area (Å²) in [6.07, 6.45) is 3.23. The van der Waals surface area contributed by atoms with Crippen LogP contribution in [0, 0.1) is 0 Å². The van der Waals surface area contributed by atoms with Gasteiger partial charge in [0.2, 0.25) is 5.91 Å². The summed E-state index contributed by atoms with van der Waals surface area (Å²) < 4.78 is 11.3. The topological polar surface area (TPSA) is 81.4 Å². The molecule has 0 bridgehead atoms. The Bertz CT molecular complexity index is 841. The normalized spacial score (nSPS) is 10.6. The minimum Gasteiger partial charge on any atom is -0.464 e. The number of aromatic nitrogens is 1. The Morgan fingerprint density at radius 2 is 2.28 bits per heavy atom. The Labute approximate surface area is 156 Å². The number of thioether (sulfide) groups is 1. The second-order valence-electron chi connectivity index (χ2n) is 4.69. The summed E-state index contributed by atoms with van der Waals surface area (Å²) in [6, 6.07) is 3.50. The molecule has 9 heteroatoms. The van der Waals surface area contributed by atoms with Crippen LogP contribution in [-0.2, 0) is 9.53 Å². The monoisotopic (exact) mass is 394 g/mol. The molecule has 3 heterocycles. The van der Waals surface area contributed by atoms with Gasteiger partial charge in [-0.25, -0.2) is 9.78 Å². The standard InChI is InChI=1S/C16H14N2O4S3/c1-2-21-15(20)13-10(11-4-3-6-22-11)8-24-14(13)18-12(19)9-25-16-17-5-7-23-16/h3-8H,2,9H2,1H3,(H,18,19). The number of nitrogens with one attached hydrogen (secondary N) is 1. The van der Waals surface area contributed by atoms with Gasteiger partial charge in [0.1, 0.15) is 20.7 Å². The van der Waals surface area contributed by atoms with Gasteiger partial charge in [0.05, 0.1) is 18.6 Å². The molecule has 3 aromatic rings. The molecule has 0 atom stereocenters. The van der Waals surface area contributed by atoms with Crippen molar-refractivity contribution in [2.45, 2.75) is 11.3 Å². The number of amides is 1. The molecule has 0 unspecified atom stereocenters. The average molecular weight is 394 g/mol. The Hall–Kier alpha value is -2.10. The smallest absolute Gasteiger partial charge is 0.341 e. The van der Waals surface area contributed by atoms with Crippen LogP contribution in [0.3, 0.4) is 0 Å². The van der Waals surface area contributed by atoms with Crippen LogP contribution in [0.2, 0.25) is 0 Å². The zero-order valence-electron chi connectivity index (χ0n) is 13.2. The first-order valence-corrected chi connectivity index (χ1v) is 10.1. The molecule has 6 nitrogen and oxygen atoms in total. The van der Waals surface area contributed by atoms with Crippen molar-refractivity contribution in [1.82, 2.24) is 4.98 Å². The van der Waals surface area contributed by atoms with E-state index in [0.717, 1.165) is 4.34 Å². The molecule has 0 aliphatic heterocycles. The van der Waals surface area contributed by atoms with E-state index < -0.39 is 5.97 Å². The van der Waals surface area contributed by atoms with Crippen LogP contribution in [0.15, 0.2) is 44.1 Å². The van der Waals surface area contributed by atoms with Gasteiger partial charge in [-0.15, -0.1) is 22.7 Å². The molecule has 130 valence electrons.